The Morgan fingerprint density at radius 2 is 0.788 bits per heavy atom. The van der Waals surface area contributed by atoms with Gasteiger partial charge in [0.2, 0.25) is 0 Å². The average molecular weight is 497 g/mol. The summed E-state index contributed by atoms with van der Waals surface area (Å²) >= 11 is 1.26. The lowest BCUT2D eigenvalue weighted by molar-refractivity contribution is 0.599. The van der Waals surface area contributed by atoms with Crippen LogP contribution in [-0.2, 0) is 20.0 Å². The summed E-state index contributed by atoms with van der Waals surface area (Å²) in [7, 11) is -7.56. The molecule has 33 heavy (non-hydrogen) atoms. The molecule has 4 rings (SSSR count). The van der Waals surface area contributed by atoms with E-state index in [0.717, 1.165) is 0 Å². The monoisotopic (exact) mass is 496 g/mol. The lowest BCUT2D eigenvalue weighted by Gasteiger charge is -2.15. The van der Waals surface area contributed by atoms with Crippen LogP contribution in [0.2, 0.25) is 0 Å². The highest BCUT2D eigenvalue weighted by molar-refractivity contribution is 8.00. The number of hydrogen-bond donors (Lipinski definition) is 2. The molecule has 0 aliphatic carbocycles. The van der Waals surface area contributed by atoms with Crippen molar-refractivity contribution in [1.82, 2.24) is 0 Å². The van der Waals surface area contributed by atoms with Gasteiger partial charge >= 0.3 is 0 Å². The fourth-order valence-corrected chi connectivity index (χ4v) is 6.32. The molecule has 0 heterocycles. The van der Waals surface area contributed by atoms with Crippen LogP contribution in [0.3, 0.4) is 0 Å². The van der Waals surface area contributed by atoms with Crippen molar-refractivity contribution in [2.75, 3.05) is 9.44 Å². The normalized spacial score (nSPS) is 11.6. The second kappa shape index (κ2) is 9.70. The summed E-state index contributed by atoms with van der Waals surface area (Å²) in [6.45, 7) is 0. The van der Waals surface area contributed by atoms with Crippen LogP contribution in [0.1, 0.15) is 0 Å². The van der Waals surface area contributed by atoms with Gasteiger partial charge in [0.05, 0.1) is 21.2 Å². The van der Waals surface area contributed by atoms with Gasteiger partial charge in [-0.15, -0.1) is 0 Å². The number of benzene rings is 4. The second-order valence-corrected chi connectivity index (χ2v) is 11.4. The molecule has 0 bridgehead atoms. The van der Waals surface area contributed by atoms with E-state index < -0.39 is 20.0 Å². The molecule has 0 radical (unpaired) electrons. The van der Waals surface area contributed by atoms with E-state index in [4.69, 9.17) is 0 Å². The first kappa shape index (κ1) is 22.9. The van der Waals surface area contributed by atoms with E-state index >= 15 is 0 Å². The maximum atomic E-state index is 12.8. The summed E-state index contributed by atoms with van der Waals surface area (Å²) in [5, 5.41) is 0. The van der Waals surface area contributed by atoms with Crippen LogP contribution in [0, 0.1) is 0 Å². The molecule has 9 heteroatoms. The Kier molecular flexibility index (Phi) is 6.73. The number of sulfonamides is 2. The Morgan fingerprint density at radius 1 is 0.455 bits per heavy atom. The van der Waals surface area contributed by atoms with Gasteiger partial charge in [0.15, 0.2) is 0 Å². The molecule has 0 saturated carbocycles. The van der Waals surface area contributed by atoms with Crippen LogP contribution in [0.15, 0.2) is 129 Å². The second-order valence-electron chi connectivity index (χ2n) is 6.93. The minimum atomic E-state index is -3.78. The average Bonchev–Trinajstić information content (AvgIpc) is 2.82. The number of anilines is 2. The van der Waals surface area contributed by atoms with Crippen molar-refractivity contribution in [3.05, 3.63) is 109 Å². The number of nitrogens with one attached hydrogen (secondary N) is 2. The first-order valence-corrected chi connectivity index (χ1v) is 13.7. The fraction of sp³-hybridized carbons (Fsp3) is 0. The molecular formula is C24H20N2O4S3. The zero-order valence-corrected chi connectivity index (χ0v) is 19.7. The first-order valence-electron chi connectivity index (χ1n) is 9.87. The minimum absolute atomic E-state index is 0.154. The van der Waals surface area contributed by atoms with Gasteiger partial charge < -0.3 is 0 Å². The van der Waals surface area contributed by atoms with Crippen molar-refractivity contribution in [3.8, 4) is 0 Å². The van der Waals surface area contributed by atoms with Crippen LogP contribution < -0.4 is 9.44 Å². The van der Waals surface area contributed by atoms with Gasteiger partial charge in [0, 0.05) is 9.79 Å². The van der Waals surface area contributed by atoms with Crippen LogP contribution in [0.5, 0.6) is 0 Å². The lowest BCUT2D eigenvalue weighted by atomic mass is 10.3. The van der Waals surface area contributed by atoms with Gasteiger partial charge in [-0.3, -0.25) is 9.44 Å². The molecule has 0 spiro atoms. The summed E-state index contributed by atoms with van der Waals surface area (Å²) < 4.78 is 56.5. The molecule has 4 aromatic carbocycles. The van der Waals surface area contributed by atoms with Gasteiger partial charge in [0.1, 0.15) is 0 Å². The first-order chi connectivity index (χ1) is 15.9. The van der Waals surface area contributed by atoms with E-state index in [1.54, 1.807) is 84.9 Å². The topological polar surface area (TPSA) is 92.3 Å². The predicted molar refractivity (Wildman–Crippen MR) is 132 cm³/mol. The summed E-state index contributed by atoms with van der Waals surface area (Å²) in [4.78, 5) is 1.56. The Morgan fingerprint density at radius 3 is 1.18 bits per heavy atom. The third-order valence-electron chi connectivity index (χ3n) is 4.59. The van der Waals surface area contributed by atoms with Crippen molar-refractivity contribution in [2.24, 2.45) is 0 Å². The van der Waals surface area contributed by atoms with E-state index in [2.05, 4.69) is 9.44 Å². The van der Waals surface area contributed by atoms with Crippen molar-refractivity contribution in [1.29, 1.82) is 0 Å². The van der Waals surface area contributed by atoms with Crippen molar-refractivity contribution in [2.45, 2.75) is 19.6 Å². The Bertz CT molecular complexity index is 1350. The maximum Gasteiger partial charge on any atom is 0.261 e. The molecule has 0 aliphatic rings. The molecule has 0 saturated heterocycles. The molecule has 0 aliphatic heterocycles. The standard InChI is InChI=1S/C24H20N2O4S3/c27-32(28,19-11-3-1-4-12-19)25-21-15-7-9-17-23(21)31-24-18-10-8-16-22(24)26-33(29,30)20-13-5-2-6-14-20/h1-18,25-26H. The number of hydrogen-bond acceptors (Lipinski definition) is 5. The van der Waals surface area contributed by atoms with Gasteiger partial charge in [-0.2, -0.15) is 0 Å². The Hall–Kier alpha value is -3.27. The minimum Gasteiger partial charge on any atom is -0.278 e. The Labute approximate surface area is 197 Å². The highest BCUT2D eigenvalue weighted by Gasteiger charge is 2.18. The molecule has 6 nitrogen and oxygen atoms in total. The van der Waals surface area contributed by atoms with Crippen molar-refractivity contribution in [3.63, 3.8) is 0 Å². The zero-order chi connectivity index (χ0) is 23.3. The quantitative estimate of drug-likeness (QED) is 0.339. The van der Waals surface area contributed by atoms with Crippen LogP contribution in [0.4, 0.5) is 11.4 Å². The summed E-state index contributed by atoms with van der Waals surface area (Å²) in [5.41, 5.74) is 0.791. The molecule has 4 aromatic rings. The maximum absolute atomic E-state index is 12.8. The molecule has 2 N–H and O–H groups in total. The third-order valence-corrected chi connectivity index (χ3v) is 8.50. The largest absolute Gasteiger partial charge is 0.278 e. The van der Waals surface area contributed by atoms with Crippen LogP contribution in [-0.4, -0.2) is 16.8 Å². The SMILES string of the molecule is O=S(=O)(Nc1ccccc1Sc1ccccc1NS(=O)(=O)c1ccccc1)c1ccccc1. The van der Waals surface area contributed by atoms with Crippen molar-refractivity contribution < 1.29 is 16.8 Å². The predicted octanol–water partition coefficient (Wildman–Crippen LogP) is 5.44. The molecule has 0 atom stereocenters. The van der Waals surface area contributed by atoms with Gasteiger partial charge in [-0.05, 0) is 48.5 Å². The molecule has 168 valence electrons. The van der Waals surface area contributed by atoms with Crippen LogP contribution in [0.25, 0.3) is 0 Å². The molecule has 0 aromatic heterocycles. The summed E-state index contributed by atoms with van der Waals surface area (Å²) in [5.74, 6) is 0. The highest BCUT2D eigenvalue weighted by atomic mass is 32.2. The summed E-state index contributed by atoms with van der Waals surface area (Å²) in [6.07, 6.45) is 0. The molecular weight excluding hydrogens is 476 g/mol. The number of para-hydroxylation sites is 2. The highest BCUT2D eigenvalue weighted by Crippen LogP contribution is 2.38. The van der Waals surface area contributed by atoms with E-state index in [1.165, 1.54) is 36.0 Å². The smallest absolute Gasteiger partial charge is 0.261 e. The van der Waals surface area contributed by atoms with Crippen LogP contribution >= 0.6 is 11.8 Å². The third kappa shape index (κ3) is 5.57. The molecule has 0 fully saturated rings. The van der Waals surface area contributed by atoms with Gasteiger partial charge in [0.25, 0.3) is 20.0 Å². The molecule has 0 unspecified atom stereocenters. The van der Waals surface area contributed by atoms with E-state index in [9.17, 15) is 16.8 Å². The van der Waals surface area contributed by atoms with E-state index in [1.807, 2.05) is 0 Å². The fourth-order valence-electron chi connectivity index (χ4n) is 3.01. The number of rotatable bonds is 8. The van der Waals surface area contributed by atoms with Crippen molar-refractivity contribution >= 4 is 43.2 Å². The summed E-state index contributed by atoms with van der Waals surface area (Å²) in [6, 6.07) is 30.1. The lowest BCUT2D eigenvalue weighted by Crippen LogP contribution is -2.14. The van der Waals surface area contributed by atoms with E-state index in [0.29, 0.717) is 21.2 Å². The zero-order valence-electron chi connectivity index (χ0n) is 17.3. The van der Waals surface area contributed by atoms with E-state index in [-0.39, 0.29) is 9.79 Å². The molecule has 0 amide bonds. The Balaban J connectivity index is 1.63. The van der Waals surface area contributed by atoms with Gasteiger partial charge in [-0.1, -0.05) is 72.4 Å². The van der Waals surface area contributed by atoms with Gasteiger partial charge in [-0.25, -0.2) is 16.8 Å².